The number of aliphatic hydroxyl groups is 1. The molecule has 4 aliphatic rings. The fraction of sp³-hybridized carbons (Fsp3) is 0.804. The van der Waals surface area contributed by atoms with Gasteiger partial charge in [0, 0.05) is 12.8 Å². The highest BCUT2D eigenvalue weighted by atomic mass is 28.4. The quantitative estimate of drug-likeness (QED) is 0.191. The van der Waals surface area contributed by atoms with Crippen molar-refractivity contribution in [2.75, 3.05) is 0 Å². The number of aryl methyl sites for hydroxylation is 1. The minimum atomic E-state index is -2.34. The Bertz CT molecular complexity index is 1490. The van der Waals surface area contributed by atoms with Gasteiger partial charge >= 0.3 is 0 Å². The van der Waals surface area contributed by atoms with E-state index in [1.54, 1.807) is 5.57 Å². The molecule has 1 aromatic rings. The SMILES string of the molecule is C=C1/C(=C\C=C2/CCC[C@]3(C)[C@@H]([C@H](C)CCC(O)C4CC4)CC[C@@H]23)C[C@@H](O[Si](C)(C)C(C)(C)C)C[C@@]1(O[Si](C)(C)C(C)(C)C)c1ncc(CCCC)o1. The number of fused-ring (bicyclic) bond motifs is 1. The molecule has 0 radical (unpaired) electrons. The summed E-state index contributed by atoms with van der Waals surface area (Å²) in [7, 11) is -4.46. The highest BCUT2D eigenvalue weighted by Crippen LogP contribution is 2.60. The Balaban J connectivity index is 1.52. The molecule has 4 saturated carbocycles. The molecule has 0 aliphatic heterocycles. The normalized spacial score (nSPS) is 31.7. The van der Waals surface area contributed by atoms with Gasteiger partial charge in [-0.25, -0.2) is 4.98 Å². The monoisotopic (exact) mass is 766 g/mol. The van der Waals surface area contributed by atoms with E-state index in [0.717, 1.165) is 55.8 Å². The zero-order valence-corrected chi connectivity index (χ0v) is 38.4. The summed E-state index contributed by atoms with van der Waals surface area (Å²) < 4.78 is 21.7. The molecule has 0 bridgehead atoms. The van der Waals surface area contributed by atoms with Crippen molar-refractivity contribution in [2.45, 2.75) is 206 Å². The summed E-state index contributed by atoms with van der Waals surface area (Å²) in [6.07, 6.45) is 22.2. The van der Waals surface area contributed by atoms with Gasteiger partial charge < -0.3 is 18.4 Å². The van der Waals surface area contributed by atoms with Gasteiger partial charge in [-0.1, -0.05) is 93.0 Å². The number of aliphatic hydroxyl groups excluding tert-OH is 1. The standard InChI is InChI=1S/C46H79NO4Si2/c1-15-16-19-37-31-47-42(49-37)46(51-53(13,14)44(7,8)9)30-38(50-52(11,12)43(4,5)6)29-36(33(46)3)24-21-34-18-17-28-45(10)39(25-26-40(34)45)32(2)20-27-41(48)35-22-23-35/h21,24,31-32,35,38-41,48H,3,15-20,22-23,25-30H2,1-2,4-14H3/b34-21+,36-24-/t32-,38-,39-,40+,41?,45-,46+/m1/s1. The Morgan fingerprint density at radius 3 is 2.32 bits per heavy atom. The zero-order valence-electron chi connectivity index (χ0n) is 36.4. The van der Waals surface area contributed by atoms with Crippen molar-refractivity contribution in [3.05, 3.63) is 53.3 Å². The Hall–Kier alpha value is -1.26. The van der Waals surface area contributed by atoms with E-state index in [4.69, 9.17) is 24.8 Å². The van der Waals surface area contributed by atoms with Gasteiger partial charge in [-0.05, 0) is 147 Å². The number of oxazole rings is 1. The highest BCUT2D eigenvalue weighted by molar-refractivity contribution is 6.74. The molecule has 300 valence electrons. The molecular weight excluding hydrogens is 687 g/mol. The molecule has 53 heavy (non-hydrogen) atoms. The third-order valence-corrected chi connectivity index (χ3v) is 24.3. The molecule has 1 heterocycles. The highest BCUT2D eigenvalue weighted by Gasteiger charge is 2.55. The van der Waals surface area contributed by atoms with E-state index in [1.807, 2.05) is 6.20 Å². The van der Waals surface area contributed by atoms with Crippen molar-refractivity contribution >= 4 is 16.6 Å². The Labute approximate surface area is 327 Å². The van der Waals surface area contributed by atoms with Crippen molar-refractivity contribution in [3.63, 3.8) is 0 Å². The van der Waals surface area contributed by atoms with Crippen LogP contribution in [0.1, 0.15) is 157 Å². The van der Waals surface area contributed by atoms with Crippen molar-refractivity contribution < 1.29 is 18.4 Å². The van der Waals surface area contributed by atoms with Crippen LogP contribution in [-0.2, 0) is 20.9 Å². The summed E-state index contributed by atoms with van der Waals surface area (Å²) >= 11 is 0. The first-order valence-electron chi connectivity index (χ1n) is 21.7. The second kappa shape index (κ2) is 15.9. The molecule has 4 fully saturated rings. The topological polar surface area (TPSA) is 64.7 Å². The van der Waals surface area contributed by atoms with Crippen molar-refractivity contribution in [2.24, 2.45) is 29.1 Å². The first-order valence-corrected chi connectivity index (χ1v) is 27.5. The van der Waals surface area contributed by atoms with Gasteiger partial charge in [0.05, 0.1) is 18.4 Å². The number of allylic oxidation sites excluding steroid dienone is 3. The third kappa shape index (κ3) is 9.16. The summed E-state index contributed by atoms with van der Waals surface area (Å²) in [4.78, 5) is 5.03. The van der Waals surface area contributed by atoms with Crippen LogP contribution in [-0.4, -0.2) is 38.9 Å². The van der Waals surface area contributed by atoms with E-state index in [0.29, 0.717) is 35.5 Å². The largest absolute Gasteiger partial charge is 0.442 e. The van der Waals surface area contributed by atoms with E-state index in [1.165, 1.54) is 50.5 Å². The lowest BCUT2D eigenvalue weighted by atomic mass is 9.60. The molecule has 1 unspecified atom stereocenters. The lowest BCUT2D eigenvalue weighted by Crippen LogP contribution is -2.54. The zero-order chi connectivity index (χ0) is 39.2. The molecule has 0 saturated heterocycles. The first-order chi connectivity index (χ1) is 24.5. The summed E-state index contributed by atoms with van der Waals surface area (Å²) in [5, 5.41) is 10.7. The van der Waals surface area contributed by atoms with Gasteiger partial charge in [-0.2, -0.15) is 0 Å². The molecule has 5 rings (SSSR count). The Kier molecular flexibility index (Phi) is 12.9. The van der Waals surface area contributed by atoms with Gasteiger partial charge in [0.15, 0.2) is 22.2 Å². The number of unbranched alkanes of at least 4 members (excludes halogenated alkanes) is 1. The number of rotatable bonds is 14. The van der Waals surface area contributed by atoms with Crippen molar-refractivity contribution in [1.29, 1.82) is 0 Å². The van der Waals surface area contributed by atoms with Gasteiger partial charge in [-0.3, -0.25) is 0 Å². The van der Waals surface area contributed by atoms with Crippen LogP contribution in [0.2, 0.25) is 36.3 Å². The molecular formula is C46H79NO4Si2. The number of nitrogens with zero attached hydrogens (tertiary/aromatic N) is 1. The van der Waals surface area contributed by atoms with E-state index in [-0.39, 0.29) is 22.3 Å². The predicted molar refractivity (Wildman–Crippen MR) is 227 cm³/mol. The average molecular weight is 766 g/mol. The predicted octanol–water partition coefficient (Wildman–Crippen LogP) is 13.2. The van der Waals surface area contributed by atoms with Crippen LogP contribution in [0.3, 0.4) is 0 Å². The fourth-order valence-corrected chi connectivity index (χ4v) is 12.5. The molecule has 7 heteroatoms. The summed E-state index contributed by atoms with van der Waals surface area (Å²) in [6, 6.07) is 0. The Morgan fingerprint density at radius 2 is 1.70 bits per heavy atom. The van der Waals surface area contributed by atoms with Crippen LogP contribution in [0.4, 0.5) is 0 Å². The third-order valence-electron chi connectivity index (χ3n) is 15.3. The first kappa shape index (κ1) is 42.9. The number of hydrogen-bond donors (Lipinski definition) is 1. The van der Waals surface area contributed by atoms with Crippen LogP contribution < -0.4 is 0 Å². The molecule has 7 atom stereocenters. The summed E-state index contributed by atoms with van der Waals surface area (Å²) in [5.41, 5.74) is 3.29. The van der Waals surface area contributed by atoms with E-state index < -0.39 is 22.2 Å². The van der Waals surface area contributed by atoms with E-state index in [2.05, 4.69) is 101 Å². The van der Waals surface area contributed by atoms with Gasteiger partial charge in [0.2, 0.25) is 5.89 Å². The average Bonchev–Trinajstić information content (AvgIpc) is 3.68. The molecule has 5 nitrogen and oxygen atoms in total. The molecule has 0 aromatic carbocycles. The van der Waals surface area contributed by atoms with Gasteiger partial charge in [-0.15, -0.1) is 0 Å². The molecule has 0 spiro atoms. The Morgan fingerprint density at radius 1 is 1.02 bits per heavy atom. The molecule has 4 aliphatic carbocycles. The lowest BCUT2D eigenvalue weighted by molar-refractivity contribution is -0.00222. The molecule has 1 aromatic heterocycles. The van der Waals surface area contributed by atoms with Crippen LogP contribution in [0.15, 0.2) is 46.1 Å². The molecule has 1 N–H and O–H groups in total. The van der Waals surface area contributed by atoms with Crippen LogP contribution in [0, 0.1) is 29.1 Å². The minimum Gasteiger partial charge on any atom is -0.442 e. The maximum atomic E-state index is 10.7. The number of aromatic nitrogens is 1. The van der Waals surface area contributed by atoms with Crippen LogP contribution in [0.5, 0.6) is 0 Å². The van der Waals surface area contributed by atoms with Gasteiger partial charge in [0.25, 0.3) is 0 Å². The maximum Gasteiger partial charge on any atom is 0.230 e. The van der Waals surface area contributed by atoms with Crippen LogP contribution >= 0.6 is 0 Å². The molecule has 0 amide bonds. The second-order valence-corrected chi connectivity index (χ2v) is 30.8. The van der Waals surface area contributed by atoms with E-state index >= 15 is 0 Å². The summed E-state index contributed by atoms with van der Waals surface area (Å²) in [6.45, 7) is 35.6. The second-order valence-electron chi connectivity index (χ2n) is 21.3. The fourth-order valence-electron chi connectivity index (χ4n) is 9.68. The van der Waals surface area contributed by atoms with Crippen molar-refractivity contribution in [1.82, 2.24) is 4.98 Å². The lowest BCUT2D eigenvalue weighted by Gasteiger charge is -2.50. The van der Waals surface area contributed by atoms with Gasteiger partial charge in [0.1, 0.15) is 5.76 Å². The smallest absolute Gasteiger partial charge is 0.230 e. The maximum absolute atomic E-state index is 10.7. The number of hydrogen-bond acceptors (Lipinski definition) is 5. The summed E-state index contributed by atoms with van der Waals surface area (Å²) in [5.74, 6) is 4.15. The van der Waals surface area contributed by atoms with Crippen molar-refractivity contribution in [3.8, 4) is 0 Å². The minimum absolute atomic E-state index is 0.00427. The van der Waals surface area contributed by atoms with Crippen LogP contribution in [0.25, 0.3) is 0 Å². The van der Waals surface area contributed by atoms with E-state index in [9.17, 15) is 5.11 Å².